The number of benzene rings is 4. The van der Waals surface area contributed by atoms with Crippen LogP contribution in [-0.2, 0) is 5.66 Å². The molecule has 1 aliphatic rings. The highest BCUT2D eigenvalue weighted by molar-refractivity contribution is 5.97. The van der Waals surface area contributed by atoms with Crippen molar-refractivity contribution in [2.75, 3.05) is 5.32 Å². The van der Waals surface area contributed by atoms with Crippen molar-refractivity contribution in [2.45, 2.75) is 18.8 Å². The molecule has 2 nitrogen and oxygen atoms in total. The number of anilines is 1. The second kappa shape index (κ2) is 6.39. The van der Waals surface area contributed by atoms with Crippen molar-refractivity contribution in [2.24, 2.45) is 0 Å². The molecule has 0 radical (unpaired) electrons. The second-order valence-electron chi connectivity index (χ2n) is 8.27. The maximum absolute atomic E-state index is 15.3. The fraction of sp³-hybridized carbons (Fsp3) is 0.111. The zero-order valence-corrected chi connectivity index (χ0v) is 17.2. The van der Waals surface area contributed by atoms with Crippen molar-refractivity contribution in [3.05, 3.63) is 102 Å². The van der Waals surface area contributed by atoms with Gasteiger partial charge in [0.05, 0.1) is 11.2 Å². The van der Waals surface area contributed by atoms with Crippen molar-refractivity contribution in [1.29, 1.82) is 0 Å². The van der Waals surface area contributed by atoms with Crippen LogP contribution in [0.5, 0.6) is 0 Å². The lowest BCUT2D eigenvalue weighted by Crippen LogP contribution is -2.56. The molecule has 4 aromatic carbocycles. The maximum Gasteiger partial charge on any atom is 0.435 e. The van der Waals surface area contributed by atoms with E-state index in [1.807, 2.05) is 55.5 Å². The molecular formula is C27H19F3N2. The van der Waals surface area contributed by atoms with E-state index in [4.69, 9.17) is 0 Å². The number of aromatic nitrogens is 1. The third-order valence-corrected chi connectivity index (χ3v) is 6.54. The summed E-state index contributed by atoms with van der Waals surface area (Å²) >= 11 is 0. The molecule has 0 saturated heterocycles. The van der Waals surface area contributed by atoms with E-state index in [1.165, 1.54) is 4.57 Å². The number of nitrogens with zero attached hydrogens (tertiary/aromatic N) is 1. The topological polar surface area (TPSA) is 17.0 Å². The Kier molecular flexibility index (Phi) is 3.79. The van der Waals surface area contributed by atoms with Crippen LogP contribution in [0.1, 0.15) is 11.1 Å². The molecule has 1 N–H and O–H groups in total. The van der Waals surface area contributed by atoms with Crippen molar-refractivity contribution in [3.63, 3.8) is 0 Å². The van der Waals surface area contributed by atoms with E-state index in [9.17, 15) is 0 Å². The van der Waals surface area contributed by atoms with E-state index >= 15 is 13.2 Å². The summed E-state index contributed by atoms with van der Waals surface area (Å²) in [7, 11) is 0. The van der Waals surface area contributed by atoms with Crippen LogP contribution in [-0.4, -0.2) is 10.7 Å². The lowest BCUT2D eigenvalue weighted by atomic mass is 9.90. The molecule has 5 heteroatoms. The minimum atomic E-state index is -4.62. The Balaban J connectivity index is 1.80. The molecule has 1 aromatic heterocycles. The lowest BCUT2D eigenvalue weighted by Gasteiger charge is -2.44. The van der Waals surface area contributed by atoms with E-state index in [0.717, 1.165) is 27.3 Å². The van der Waals surface area contributed by atoms with Gasteiger partial charge in [-0.25, -0.2) is 0 Å². The minimum absolute atomic E-state index is 0.153. The van der Waals surface area contributed by atoms with Crippen LogP contribution in [0, 0.1) is 6.92 Å². The second-order valence-corrected chi connectivity index (χ2v) is 8.27. The molecule has 32 heavy (non-hydrogen) atoms. The molecule has 158 valence electrons. The summed E-state index contributed by atoms with van der Waals surface area (Å²) in [6, 6.07) is 27.0. The van der Waals surface area contributed by atoms with Gasteiger partial charge >= 0.3 is 6.18 Å². The van der Waals surface area contributed by atoms with Crippen LogP contribution in [0.3, 0.4) is 0 Å². The van der Waals surface area contributed by atoms with Gasteiger partial charge in [0.1, 0.15) is 0 Å². The first-order valence-electron chi connectivity index (χ1n) is 10.5. The Hall–Kier alpha value is -3.73. The SMILES string of the molecule is Cc1c2n(c3ccccc13)C(c1ccc3ccccc3c1)(C(F)(F)F)Nc1ccccc1-2. The zero-order valence-electron chi connectivity index (χ0n) is 17.2. The van der Waals surface area contributed by atoms with E-state index in [1.54, 1.807) is 42.5 Å². The molecule has 1 atom stereocenters. The number of fused-ring (bicyclic) bond motifs is 6. The highest BCUT2D eigenvalue weighted by Crippen LogP contribution is 2.53. The van der Waals surface area contributed by atoms with E-state index in [0.29, 0.717) is 16.9 Å². The molecule has 2 heterocycles. The maximum atomic E-state index is 15.3. The highest BCUT2D eigenvalue weighted by atomic mass is 19.4. The monoisotopic (exact) mass is 428 g/mol. The van der Waals surface area contributed by atoms with Gasteiger partial charge in [0.25, 0.3) is 0 Å². The van der Waals surface area contributed by atoms with Crippen molar-refractivity contribution in [3.8, 4) is 11.3 Å². The molecule has 1 aliphatic heterocycles. The predicted octanol–water partition coefficient (Wildman–Crippen LogP) is 7.46. The molecule has 0 aliphatic carbocycles. The Bertz CT molecular complexity index is 1510. The summed E-state index contributed by atoms with van der Waals surface area (Å²) in [5, 5.41) is 5.42. The Morgan fingerprint density at radius 1 is 0.781 bits per heavy atom. The zero-order chi connectivity index (χ0) is 22.1. The van der Waals surface area contributed by atoms with E-state index in [-0.39, 0.29) is 5.56 Å². The third kappa shape index (κ3) is 2.36. The van der Waals surface area contributed by atoms with Gasteiger partial charge in [0.2, 0.25) is 5.66 Å². The number of hydrogen-bond donors (Lipinski definition) is 1. The Labute approximate surface area is 182 Å². The highest BCUT2D eigenvalue weighted by Gasteiger charge is 2.61. The average Bonchev–Trinajstić information content (AvgIpc) is 3.11. The quantitative estimate of drug-likeness (QED) is 0.293. The molecule has 5 aromatic rings. The number of aryl methyl sites for hydroxylation is 1. The number of halogens is 3. The molecule has 0 bridgehead atoms. The molecule has 0 saturated carbocycles. The van der Waals surface area contributed by atoms with Gasteiger partial charge in [-0.05, 0) is 41.5 Å². The van der Waals surface area contributed by atoms with Crippen molar-refractivity contribution < 1.29 is 13.2 Å². The van der Waals surface area contributed by atoms with Crippen LogP contribution < -0.4 is 5.32 Å². The summed E-state index contributed by atoms with van der Waals surface area (Å²) in [5.74, 6) is 0. The first-order chi connectivity index (χ1) is 15.4. The standard InChI is InChI=1S/C27H19F3N2/c1-17-21-10-5-7-13-24(21)32-25(17)22-11-4-6-12-23(22)31-26(32,27(28,29)30)20-15-14-18-8-2-3-9-19(18)16-20/h2-16,31H,1H3. The van der Waals surface area contributed by atoms with Crippen LogP contribution >= 0.6 is 0 Å². The number of alkyl halides is 3. The number of nitrogens with one attached hydrogen (secondary N) is 1. The van der Waals surface area contributed by atoms with Crippen LogP contribution in [0.15, 0.2) is 91.0 Å². The van der Waals surface area contributed by atoms with E-state index in [2.05, 4.69) is 5.32 Å². The van der Waals surface area contributed by atoms with Crippen molar-refractivity contribution >= 4 is 27.4 Å². The van der Waals surface area contributed by atoms with Gasteiger partial charge in [-0.3, -0.25) is 0 Å². The summed E-state index contributed by atoms with van der Waals surface area (Å²) in [5.41, 5.74) is 0.912. The average molecular weight is 428 g/mol. The van der Waals surface area contributed by atoms with Crippen LogP contribution in [0.4, 0.5) is 18.9 Å². The summed E-state index contributed by atoms with van der Waals surface area (Å²) in [6.45, 7) is 1.90. The van der Waals surface area contributed by atoms with Gasteiger partial charge < -0.3 is 9.88 Å². The predicted molar refractivity (Wildman–Crippen MR) is 123 cm³/mol. The smallest absolute Gasteiger partial charge is 0.351 e. The molecule has 0 amide bonds. The Morgan fingerprint density at radius 2 is 1.47 bits per heavy atom. The largest absolute Gasteiger partial charge is 0.435 e. The Morgan fingerprint density at radius 3 is 2.28 bits per heavy atom. The molecular weight excluding hydrogens is 409 g/mol. The molecule has 0 fully saturated rings. The first kappa shape index (κ1) is 19.0. The van der Waals surface area contributed by atoms with Crippen LogP contribution in [0.2, 0.25) is 0 Å². The van der Waals surface area contributed by atoms with Gasteiger partial charge in [-0.2, -0.15) is 13.2 Å². The lowest BCUT2D eigenvalue weighted by molar-refractivity contribution is -0.189. The van der Waals surface area contributed by atoms with Crippen LogP contribution in [0.25, 0.3) is 32.9 Å². The summed E-state index contributed by atoms with van der Waals surface area (Å²) in [4.78, 5) is 0. The van der Waals surface area contributed by atoms with Gasteiger partial charge in [0, 0.05) is 22.2 Å². The fourth-order valence-corrected chi connectivity index (χ4v) is 5.10. The number of rotatable bonds is 1. The van der Waals surface area contributed by atoms with Gasteiger partial charge in [-0.15, -0.1) is 0 Å². The normalized spacial score (nSPS) is 17.8. The minimum Gasteiger partial charge on any atom is -0.351 e. The van der Waals surface area contributed by atoms with Gasteiger partial charge in [-0.1, -0.05) is 72.8 Å². The van der Waals surface area contributed by atoms with Gasteiger partial charge in [0.15, 0.2) is 0 Å². The summed E-state index contributed by atoms with van der Waals surface area (Å²) in [6.07, 6.45) is -4.62. The molecule has 6 rings (SSSR count). The number of para-hydroxylation sites is 2. The fourth-order valence-electron chi connectivity index (χ4n) is 5.10. The first-order valence-corrected chi connectivity index (χ1v) is 10.5. The number of hydrogen-bond acceptors (Lipinski definition) is 1. The summed E-state index contributed by atoms with van der Waals surface area (Å²) < 4.78 is 47.4. The third-order valence-electron chi connectivity index (χ3n) is 6.54. The molecule has 0 spiro atoms. The van der Waals surface area contributed by atoms with E-state index < -0.39 is 11.8 Å². The molecule has 1 unspecified atom stereocenters. The van der Waals surface area contributed by atoms with Crippen molar-refractivity contribution in [1.82, 2.24) is 4.57 Å².